The highest BCUT2D eigenvalue weighted by molar-refractivity contribution is 5.88. The van der Waals surface area contributed by atoms with E-state index in [0.717, 1.165) is 42.2 Å². The van der Waals surface area contributed by atoms with Crippen molar-refractivity contribution in [2.24, 2.45) is 0 Å². The summed E-state index contributed by atoms with van der Waals surface area (Å²) < 4.78 is 1.92. The number of anilines is 1. The maximum atomic E-state index is 11.2. The molecule has 1 aliphatic rings. The van der Waals surface area contributed by atoms with Gasteiger partial charge in [0, 0.05) is 31.6 Å². The molecule has 21 heavy (non-hydrogen) atoms. The lowest BCUT2D eigenvalue weighted by Crippen LogP contribution is -2.07. The van der Waals surface area contributed by atoms with Gasteiger partial charge in [-0.3, -0.25) is 9.48 Å². The number of rotatable bonds is 2. The van der Waals surface area contributed by atoms with Crippen LogP contribution in [-0.4, -0.2) is 25.7 Å². The lowest BCUT2D eigenvalue weighted by molar-refractivity contribution is -0.114. The van der Waals surface area contributed by atoms with Gasteiger partial charge in [0.15, 0.2) is 5.82 Å². The number of carbonyl (C=O) groups is 1. The molecule has 1 aliphatic heterocycles. The molecule has 0 aromatic carbocycles. The molecule has 0 radical (unpaired) electrons. The molecule has 3 rings (SSSR count). The van der Waals surface area contributed by atoms with Crippen LogP contribution in [-0.2, 0) is 17.8 Å². The van der Waals surface area contributed by atoms with Crippen LogP contribution in [0, 0.1) is 0 Å². The van der Waals surface area contributed by atoms with Crippen molar-refractivity contribution in [3.8, 4) is 11.4 Å². The fourth-order valence-electron chi connectivity index (χ4n) is 2.54. The Balaban J connectivity index is 2.10. The third-order valence-corrected chi connectivity index (χ3v) is 3.54. The van der Waals surface area contributed by atoms with Crippen LogP contribution >= 0.6 is 0 Å². The topological polar surface area (TPSA) is 72.7 Å². The Morgan fingerprint density at radius 3 is 2.95 bits per heavy atom. The fraction of sp³-hybridized carbons (Fsp3) is 0.467. The molecule has 2 aromatic rings. The zero-order valence-electron chi connectivity index (χ0n) is 12.6. The molecule has 0 unspecified atom stereocenters. The van der Waals surface area contributed by atoms with Gasteiger partial charge in [-0.1, -0.05) is 13.8 Å². The smallest absolute Gasteiger partial charge is 0.222 e. The third-order valence-electron chi connectivity index (χ3n) is 3.54. The summed E-state index contributed by atoms with van der Waals surface area (Å²) >= 11 is 0. The van der Waals surface area contributed by atoms with E-state index in [9.17, 15) is 4.79 Å². The van der Waals surface area contributed by atoms with Gasteiger partial charge in [0.05, 0.1) is 11.4 Å². The number of aromatic nitrogens is 4. The summed E-state index contributed by atoms with van der Waals surface area (Å²) in [5, 5.41) is 7.18. The summed E-state index contributed by atoms with van der Waals surface area (Å²) in [5.41, 5.74) is 3.04. The minimum Gasteiger partial charge on any atom is -0.309 e. The van der Waals surface area contributed by atoms with Crippen LogP contribution in [0.15, 0.2) is 12.3 Å². The molecule has 6 heteroatoms. The van der Waals surface area contributed by atoms with E-state index in [2.05, 4.69) is 29.2 Å². The van der Waals surface area contributed by atoms with E-state index in [0.29, 0.717) is 5.82 Å². The predicted octanol–water partition coefficient (Wildman–Crippen LogP) is 2.37. The van der Waals surface area contributed by atoms with Crippen LogP contribution in [0.4, 0.5) is 5.82 Å². The Kier molecular flexibility index (Phi) is 3.45. The Morgan fingerprint density at radius 1 is 1.43 bits per heavy atom. The molecular formula is C15H19N5O. The average molecular weight is 285 g/mol. The first kappa shape index (κ1) is 13.7. The van der Waals surface area contributed by atoms with Crippen molar-refractivity contribution in [2.45, 2.75) is 46.1 Å². The number of fused-ring (bicyclic) bond motifs is 3. The van der Waals surface area contributed by atoms with Gasteiger partial charge in [-0.15, -0.1) is 0 Å². The van der Waals surface area contributed by atoms with Crippen LogP contribution in [0.1, 0.15) is 44.5 Å². The molecule has 2 aromatic heterocycles. The van der Waals surface area contributed by atoms with E-state index in [1.807, 2.05) is 16.9 Å². The van der Waals surface area contributed by atoms with Crippen molar-refractivity contribution in [1.29, 1.82) is 0 Å². The van der Waals surface area contributed by atoms with Crippen LogP contribution in [0.3, 0.4) is 0 Å². The molecule has 3 heterocycles. The summed E-state index contributed by atoms with van der Waals surface area (Å²) in [6.07, 6.45) is 3.87. The summed E-state index contributed by atoms with van der Waals surface area (Å²) in [5.74, 6) is 1.58. The number of hydrogen-bond acceptors (Lipinski definition) is 4. The maximum absolute atomic E-state index is 11.2. The van der Waals surface area contributed by atoms with Gasteiger partial charge in [-0.2, -0.15) is 5.10 Å². The van der Waals surface area contributed by atoms with E-state index in [1.165, 1.54) is 6.92 Å². The van der Waals surface area contributed by atoms with Crippen molar-refractivity contribution in [1.82, 2.24) is 19.7 Å². The van der Waals surface area contributed by atoms with Gasteiger partial charge < -0.3 is 5.32 Å². The highest BCUT2D eigenvalue weighted by Crippen LogP contribution is 2.29. The molecule has 0 saturated heterocycles. The summed E-state index contributed by atoms with van der Waals surface area (Å²) in [6, 6.07) is 1.89. The first-order chi connectivity index (χ1) is 10.0. The largest absolute Gasteiger partial charge is 0.309 e. The van der Waals surface area contributed by atoms with Gasteiger partial charge in [0.2, 0.25) is 5.91 Å². The number of nitrogens with one attached hydrogen (secondary N) is 1. The van der Waals surface area contributed by atoms with Gasteiger partial charge in [-0.25, -0.2) is 9.97 Å². The summed E-state index contributed by atoms with van der Waals surface area (Å²) in [7, 11) is 0. The van der Waals surface area contributed by atoms with Crippen LogP contribution in [0.2, 0.25) is 0 Å². The number of nitrogens with zero attached hydrogens (tertiary/aromatic N) is 4. The zero-order valence-corrected chi connectivity index (χ0v) is 12.6. The SMILES string of the molecule is CC(=O)Nc1cc2n(n1)CCCc1cnc(C(C)C)nc1-2. The number of amides is 1. The second-order valence-corrected chi connectivity index (χ2v) is 5.68. The highest BCUT2D eigenvalue weighted by Gasteiger charge is 2.20. The minimum atomic E-state index is -0.117. The van der Waals surface area contributed by atoms with E-state index < -0.39 is 0 Å². The van der Waals surface area contributed by atoms with Crippen molar-refractivity contribution in [3.63, 3.8) is 0 Å². The lowest BCUT2D eigenvalue weighted by Gasteiger charge is -2.09. The molecule has 0 aliphatic carbocycles. The quantitative estimate of drug-likeness (QED) is 0.919. The van der Waals surface area contributed by atoms with Crippen LogP contribution < -0.4 is 5.32 Å². The van der Waals surface area contributed by atoms with Gasteiger partial charge >= 0.3 is 0 Å². The number of aryl methyl sites for hydroxylation is 2. The van der Waals surface area contributed by atoms with Crippen LogP contribution in [0.5, 0.6) is 0 Å². The highest BCUT2D eigenvalue weighted by atomic mass is 16.1. The molecule has 1 amide bonds. The first-order valence-electron chi connectivity index (χ1n) is 7.26. The monoisotopic (exact) mass is 285 g/mol. The van der Waals surface area contributed by atoms with E-state index in [4.69, 9.17) is 4.98 Å². The maximum Gasteiger partial charge on any atom is 0.222 e. The molecule has 0 spiro atoms. The molecule has 0 fully saturated rings. The number of hydrogen-bond donors (Lipinski definition) is 1. The molecule has 0 bridgehead atoms. The lowest BCUT2D eigenvalue weighted by atomic mass is 10.1. The second-order valence-electron chi connectivity index (χ2n) is 5.68. The standard InChI is InChI=1S/C15H19N5O/c1-9(2)15-16-8-11-5-4-6-20-12(14(11)18-15)7-13(19-20)17-10(3)21/h7-9H,4-6H2,1-3H3,(H,17,19,21). The summed E-state index contributed by atoms with van der Waals surface area (Å²) in [6.45, 7) is 6.47. The Morgan fingerprint density at radius 2 is 2.24 bits per heavy atom. The molecule has 110 valence electrons. The molecule has 1 N–H and O–H groups in total. The van der Waals surface area contributed by atoms with Crippen molar-refractivity contribution < 1.29 is 4.79 Å². The van der Waals surface area contributed by atoms with Crippen molar-refractivity contribution >= 4 is 11.7 Å². The fourth-order valence-corrected chi connectivity index (χ4v) is 2.54. The summed E-state index contributed by atoms with van der Waals surface area (Å²) in [4.78, 5) is 20.4. The Labute approximate surface area is 123 Å². The minimum absolute atomic E-state index is 0.117. The van der Waals surface area contributed by atoms with Crippen molar-refractivity contribution in [3.05, 3.63) is 23.7 Å². The second kappa shape index (κ2) is 5.27. The third kappa shape index (κ3) is 2.66. The van der Waals surface area contributed by atoms with Gasteiger partial charge in [0.25, 0.3) is 0 Å². The predicted molar refractivity (Wildman–Crippen MR) is 80.0 cm³/mol. The van der Waals surface area contributed by atoms with Gasteiger partial charge in [-0.05, 0) is 18.4 Å². The zero-order chi connectivity index (χ0) is 15.0. The molecule has 0 saturated carbocycles. The Hall–Kier alpha value is -2.24. The number of carbonyl (C=O) groups excluding carboxylic acids is 1. The van der Waals surface area contributed by atoms with Crippen molar-refractivity contribution in [2.75, 3.05) is 5.32 Å². The first-order valence-corrected chi connectivity index (χ1v) is 7.26. The average Bonchev–Trinajstić information content (AvgIpc) is 2.73. The molecular weight excluding hydrogens is 266 g/mol. The normalized spacial score (nSPS) is 13.5. The van der Waals surface area contributed by atoms with E-state index in [-0.39, 0.29) is 11.8 Å². The Bertz CT molecular complexity index is 689. The molecule has 6 nitrogen and oxygen atoms in total. The van der Waals surface area contributed by atoms with Crippen LogP contribution in [0.25, 0.3) is 11.4 Å². The van der Waals surface area contributed by atoms with E-state index in [1.54, 1.807) is 0 Å². The van der Waals surface area contributed by atoms with E-state index >= 15 is 0 Å². The van der Waals surface area contributed by atoms with Gasteiger partial charge in [0.1, 0.15) is 5.82 Å². The molecule has 0 atom stereocenters.